The van der Waals surface area contributed by atoms with Gasteiger partial charge in [-0.2, -0.15) is 0 Å². The molecule has 2 saturated carbocycles. The molecule has 20 atom stereocenters. The number of ether oxygens (including phenoxy) is 9. The third-order valence-corrected chi connectivity index (χ3v) is 17.1. The van der Waals surface area contributed by atoms with Crippen LogP contribution in [0.15, 0.2) is 106 Å². The summed E-state index contributed by atoms with van der Waals surface area (Å²) >= 11 is 0. The Morgan fingerprint density at radius 2 is 1.40 bits per heavy atom. The first-order valence-electron chi connectivity index (χ1n) is 29.8. The van der Waals surface area contributed by atoms with Crippen molar-refractivity contribution in [1.29, 1.82) is 0 Å². The second-order valence-electron chi connectivity index (χ2n) is 23.1. The minimum Gasteiger partial charge on any atom is -0.450 e. The summed E-state index contributed by atoms with van der Waals surface area (Å²) in [6.45, 7) is -1.05. The molecule has 10 rings (SSSR count). The molecule has 5 aliphatic rings. The topological polar surface area (TPSA) is 392 Å². The van der Waals surface area contributed by atoms with Gasteiger partial charge in [0.1, 0.15) is 84.5 Å². The molecule has 0 spiro atoms. The van der Waals surface area contributed by atoms with Gasteiger partial charge >= 0.3 is 11.6 Å². The molecule has 2 aromatic heterocycles. The van der Waals surface area contributed by atoms with E-state index in [2.05, 4.69) is 15.6 Å². The molecule has 5 heterocycles. The lowest BCUT2D eigenvalue weighted by molar-refractivity contribution is -0.352. The van der Waals surface area contributed by atoms with Gasteiger partial charge in [0.25, 0.3) is 0 Å². The van der Waals surface area contributed by atoms with E-state index in [1.807, 2.05) is 6.07 Å². The third-order valence-electron chi connectivity index (χ3n) is 17.1. The van der Waals surface area contributed by atoms with Crippen molar-refractivity contribution < 1.29 is 108 Å². The van der Waals surface area contributed by atoms with Gasteiger partial charge in [0.2, 0.25) is 5.91 Å². The van der Waals surface area contributed by atoms with Gasteiger partial charge in [0, 0.05) is 23.4 Å². The van der Waals surface area contributed by atoms with Crippen molar-refractivity contribution >= 4 is 22.8 Å². The molecule has 3 aliphatic heterocycles. The van der Waals surface area contributed by atoms with Gasteiger partial charge in [-0.15, -0.1) is 5.10 Å². The SMILES string of the molecule is CC1O[C@@H](OC2C(n3cc(-c4ccccc4)nn3)CC(C(=O)NCCO[C@H]3OC(CO)[C@@H](O)C(OCc4cc5ccccc5oc4=O)C3O)C[C@H]2O[C@@H]2OC(CO)[C@H](O)C(O[C@@H](CC3CCCCC3)C(O)O)C2OC(=O)c2ccccc2)C(O)C(O)[C@@H]1O. The summed E-state index contributed by atoms with van der Waals surface area (Å²) < 4.78 is 62.8. The standard InChI is InChI=1S/C61H78N4O23/c1-31-45(68)48(71)49(72)60(81-31)88-51-39(65-27-38(63-64-65)33-15-7-3-8-16-33)25-36(55(74)62-21-22-79-59-50(73)52(46(69)43(28-66)85-59)80-30-37-24-35-19-11-12-20-40(35)83-58(37)78)26-41(51)84-61-54(87-57(77)34-17-9-4-10-18-34)53(47(70)44(29-67)86-61)82-42(56(75)76)23-32-13-5-2-6-14-32/h3-4,7-12,15-20,24,27,31-32,36,39,41-54,56,59-61,66-73,75-76H,2,5-6,13-14,21-23,25-26,28-30H2,1H3,(H,62,74)/t31?,36?,39?,41-,42+,43?,44?,45-,46-,47+,48?,49?,50?,51?,52?,53?,54?,59+,60+,61-/m1/s1. The average molecular weight is 1240 g/mol. The summed E-state index contributed by atoms with van der Waals surface area (Å²) in [4.78, 5) is 41.8. The Morgan fingerprint density at radius 3 is 2.11 bits per heavy atom. The minimum absolute atomic E-state index is 0.0142. The highest BCUT2D eigenvalue weighted by atomic mass is 16.8. The van der Waals surface area contributed by atoms with Crippen LogP contribution >= 0.6 is 0 Å². The van der Waals surface area contributed by atoms with Crippen LogP contribution in [0.4, 0.5) is 0 Å². The molecule has 5 aromatic rings. The normalized spacial score (nSPS) is 33.5. The fourth-order valence-electron chi connectivity index (χ4n) is 12.3. The predicted octanol–water partition coefficient (Wildman–Crippen LogP) is 0.0963. The Kier molecular flexibility index (Phi) is 22.2. The monoisotopic (exact) mass is 1230 g/mol. The van der Waals surface area contributed by atoms with Crippen LogP contribution in [0.3, 0.4) is 0 Å². The Morgan fingerprint density at radius 1 is 0.716 bits per heavy atom. The molecule has 3 saturated heterocycles. The Balaban J connectivity index is 0.941. The molecular formula is C61H78N4O23. The lowest BCUT2D eigenvalue weighted by Gasteiger charge is -2.49. The molecule has 1 amide bonds. The lowest BCUT2D eigenvalue weighted by Crippen LogP contribution is -2.64. The first-order valence-corrected chi connectivity index (χ1v) is 29.8. The number of benzene rings is 3. The molecule has 3 aromatic carbocycles. The number of hydrogen-bond acceptors (Lipinski definition) is 25. The van der Waals surface area contributed by atoms with Crippen molar-refractivity contribution in [3.8, 4) is 11.3 Å². The number of rotatable bonds is 23. The van der Waals surface area contributed by atoms with Gasteiger partial charge in [-0.3, -0.25) is 4.79 Å². The number of esters is 1. The van der Waals surface area contributed by atoms with Gasteiger partial charge < -0.3 is 103 Å². The van der Waals surface area contributed by atoms with Crippen LogP contribution in [0.1, 0.15) is 80.3 Å². The number of nitrogens with zero attached hydrogens (tertiary/aromatic N) is 3. The summed E-state index contributed by atoms with van der Waals surface area (Å²) in [7, 11) is 0. The summed E-state index contributed by atoms with van der Waals surface area (Å²) in [6.07, 6.45) is -24.5. The van der Waals surface area contributed by atoms with Crippen molar-refractivity contribution in [2.45, 2.75) is 188 Å². The van der Waals surface area contributed by atoms with Crippen LogP contribution in [0.25, 0.3) is 22.2 Å². The number of aliphatic hydroxyl groups is 10. The summed E-state index contributed by atoms with van der Waals surface area (Å²) in [5.74, 6) is -2.58. The number of amides is 1. The molecule has 88 heavy (non-hydrogen) atoms. The Bertz CT molecular complexity index is 3080. The largest absolute Gasteiger partial charge is 0.450 e. The van der Waals surface area contributed by atoms with E-state index in [0.717, 1.165) is 32.1 Å². The zero-order chi connectivity index (χ0) is 62.2. The van der Waals surface area contributed by atoms with Crippen molar-refractivity contribution in [3.63, 3.8) is 0 Å². The number of carbonyl (C=O) groups is 2. The fraction of sp³-hybridized carbons (Fsp3) is 0.590. The number of hydrogen-bond donors (Lipinski definition) is 11. The van der Waals surface area contributed by atoms with Gasteiger partial charge in [-0.1, -0.05) is 104 Å². The number of para-hydroxylation sites is 1. The average Bonchev–Trinajstić information content (AvgIpc) is 1.28. The van der Waals surface area contributed by atoms with Gasteiger partial charge in [-0.25, -0.2) is 14.3 Å². The van der Waals surface area contributed by atoms with Crippen LogP contribution in [0.2, 0.25) is 0 Å². The quantitative estimate of drug-likeness (QED) is 0.0179. The Labute approximate surface area is 505 Å². The van der Waals surface area contributed by atoms with Crippen molar-refractivity contribution in [2.75, 3.05) is 26.4 Å². The van der Waals surface area contributed by atoms with Gasteiger partial charge in [0.15, 0.2) is 31.3 Å². The molecule has 0 radical (unpaired) electrons. The fourth-order valence-corrected chi connectivity index (χ4v) is 12.3. The van der Waals surface area contributed by atoms with E-state index in [9.17, 15) is 65.4 Å². The highest BCUT2D eigenvalue weighted by Gasteiger charge is 2.55. The van der Waals surface area contributed by atoms with Crippen LogP contribution in [-0.2, 0) is 54.0 Å². The highest BCUT2D eigenvalue weighted by molar-refractivity contribution is 5.89. The highest BCUT2D eigenvalue weighted by Crippen LogP contribution is 2.42. The number of fused-ring (bicyclic) bond motifs is 1. The summed E-state index contributed by atoms with van der Waals surface area (Å²) in [5, 5.41) is 123. The molecular weight excluding hydrogens is 1160 g/mol. The molecule has 2 aliphatic carbocycles. The van der Waals surface area contributed by atoms with Crippen LogP contribution < -0.4 is 10.9 Å². The van der Waals surface area contributed by atoms with E-state index in [1.54, 1.807) is 79.0 Å². The molecule has 27 nitrogen and oxygen atoms in total. The van der Waals surface area contributed by atoms with Crippen molar-refractivity contribution in [1.82, 2.24) is 20.3 Å². The van der Waals surface area contributed by atoms with Crippen LogP contribution in [0.5, 0.6) is 0 Å². The molecule has 27 heteroatoms. The maximum atomic E-state index is 14.8. The first-order chi connectivity index (χ1) is 42.5. The van der Waals surface area contributed by atoms with Gasteiger partial charge in [-0.05, 0) is 56.4 Å². The maximum Gasteiger partial charge on any atom is 0.341 e. The van der Waals surface area contributed by atoms with Crippen molar-refractivity contribution in [3.05, 3.63) is 119 Å². The van der Waals surface area contributed by atoms with E-state index in [4.69, 9.17) is 47.0 Å². The van der Waals surface area contributed by atoms with Crippen LogP contribution in [-0.4, -0.2) is 221 Å². The number of nitrogens with one attached hydrogen (secondary N) is 1. The van der Waals surface area contributed by atoms with E-state index in [-0.39, 0.29) is 49.5 Å². The lowest BCUT2D eigenvalue weighted by atomic mass is 9.80. The molecule has 480 valence electrons. The Hall–Kier alpha value is -5.77. The summed E-state index contributed by atoms with van der Waals surface area (Å²) in [5.41, 5.74) is 0.865. The maximum absolute atomic E-state index is 14.8. The number of aliphatic hydroxyl groups excluding tert-OH is 9. The second-order valence-corrected chi connectivity index (χ2v) is 23.1. The summed E-state index contributed by atoms with van der Waals surface area (Å²) in [6, 6.07) is 24.1. The second kappa shape index (κ2) is 29.9. The van der Waals surface area contributed by atoms with E-state index in [1.165, 1.54) is 23.7 Å². The van der Waals surface area contributed by atoms with E-state index >= 15 is 0 Å². The molecule has 12 unspecified atom stereocenters. The van der Waals surface area contributed by atoms with E-state index < -0.39 is 166 Å². The van der Waals surface area contributed by atoms with E-state index in [0.29, 0.717) is 22.2 Å². The number of carbonyl (C=O) groups excluding carboxylic acids is 2. The van der Waals surface area contributed by atoms with Crippen LogP contribution in [0, 0.1) is 11.8 Å². The predicted molar refractivity (Wildman–Crippen MR) is 303 cm³/mol. The first kappa shape index (κ1) is 65.2. The minimum atomic E-state index is -2.08. The number of aromatic nitrogens is 3. The molecule has 11 N–H and O–H groups in total. The molecule has 0 bridgehead atoms. The zero-order valence-electron chi connectivity index (χ0n) is 48.3. The van der Waals surface area contributed by atoms with Crippen molar-refractivity contribution in [2.24, 2.45) is 11.8 Å². The zero-order valence-corrected chi connectivity index (χ0v) is 48.3. The van der Waals surface area contributed by atoms with Gasteiger partial charge in [0.05, 0.1) is 62.0 Å². The smallest absolute Gasteiger partial charge is 0.341 e. The third kappa shape index (κ3) is 15.2. The molecule has 5 fully saturated rings.